The van der Waals surface area contributed by atoms with Gasteiger partial charge in [0.15, 0.2) is 0 Å². The van der Waals surface area contributed by atoms with Gasteiger partial charge in [0.1, 0.15) is 11.6 Å². The molecule has 5 nitrogen and oxygen atoms in total. The number of rotatable bonds is 2. The third-order valence-corrected chi connectivity index (χ3v) is 4.69. The van der Waals surface area contributed by atoms with Crippen LogP contribution < -0.4 is 10.3 Å². The van der Waals surface area contributed by atoms with E-state index in [2.05, 4.69) is 14.9 Å². The monoisotopic (exact) mass is 343 g/mol. The van der Waals surface area contributed by atoms with Gasteiger partial charge in [-0.15, -0.1) is 0 Å². The molecular weight excluding hydrogens is 326 g/mol. The topological polar surface area (TPSA) is 58.2 Å². The maximum absolute atomic E-state index is 12.3. The van der Waals surface area contributed by atoms with Crippen LogP contribution in [0.2, 0.25) is 5.02 Å². The molecule has 0 saturated carbocycles. The zero-order chi connectivity index (χ0) is 16.7. The first-order valence-electron chi connectivity index (χ1n) is 8.04. The van der Waals surface area contributed by atoms with Crippen molar-refractivity contribution in [3.63, 3.8) is 0 Å². The van der Waals surface area contributed by atoms with E-state index in [4.69, 9.17) is 16.3 Å². The summed E-state index contributed by atoms with van der Waals surface area (Å²) in [5.74, 6) is 1.44. The van der Waals surface area contributed by atoms with E-state index in [0.29, 0.717) is 24.0 Å². The Morgan fingerprint density at radius 2 is 2.21 bits per heavy atom. The number of aromatic amines is 1. The Bertz CT molecular complexity index is 889. The quantitative estimate of drug-likeness (QED) is 0.910. The van der Waals surface area contributed by atoms with E-state index in [1.807, 2.05) is 31.3 Å². The van der Waals surface area contributed by atoms with E-state index >= 15 is 0 Å². The number of halogens is 1. The zero-order valence-electron chi connectivity index (χ0n) is 13.4. The molecule has 0 amide bonds. The van der Waals surface area contributed by atoms with Gasteiger partial charge in [-0.05, 0) is 36.9 Å². The molecule has 0 saturated heterocycles. The van der Waals surface area contributed by atoms with Gasteiger partial charge >= 0.3 is 0 Å². The first-order chi connectivity index (χ1) is 11.6. The highest BCUT2D eigenvalue weighted by Gasteiger charge is 2.19. The lowest BCUT2D eigenvalue weighted by Crippen LogP contribution is -2.33. The highest BCUT2D eigenvalue weighted by molar-refractivity contribution is 6.30. The van der Waals surface area contributed by atoms with E-state index in [-0.39, 0.29) is 5.56 Å². The maximum atomic E-state index is 12.3. The summed E-state index contributed by atoms with van der Waals surface area (Å²) in [6.45, 7) is 2.25. The van der Waals surface area contributed by atoms with Crippen molar-refractivity contribution in [3.05, 3.63) is 55.7 Å². The van der Waals surface area contributed by atoms with E-state index < -0.39 is 0 Å². The molecule has 2 aliphatic heterocycles. The van der Waals surface area contributed by atoms with Gasteiger partial charge in [-0.25, -0.2) is 4.98 Å². The van der Waals surface area contributed by atoms with E-state index in [1.54, 1.807) is 0 Å². The van der Waals surface area contributed by atoms with Crippen molar-refractivity contribution in [1.29, 1.82) is 0 Å². The molecule has 24 heavy (non-hydrogen) atoms. The van der Waals surface area contributed by atoms with Crippen LogP contribution in [0.25, 0.3) is 12.2 Å². The van der Waals surface area contributed by atoms with Gasteiger partial charge in [0.2, 0.25) is 0 Å². The molecule has 2 aromatic rings. The molecule has 0 bridgehead atoms. The standard InChI is InChI=1S/C18H18ClN3O2/c1-22-6-4-15-14(10-22)18(23)21-16(20-15)3-2-11-8-13(19)9-12-5-7-24-17(11)12/h2-3,8-9H,4-7,10H2,1H3,(H,20,21,23)/b3-2+. The zero-order valence-corrected chi connectivity index (χ0v) is 14.2. The molecule has 0 unspecified atom stereocenters. The van der Waals surface area contributed by atoms with Crippen LogP contribution in [0.3, 0.4) is 0 Å². The molecule has 6 heteroatoms. The molecule has 0 spiro atoms. The molecule has 0 atom stereocenters. The van der Waals surface area contributed by atoms with Crippen molar-refractivity contribution in [2.75, 3.05) is 20.2 Å². The average molecular weight is 344 g/mol. The number of fused-ring (bicyclic) bond motifs is 2. The summed E-state index contributed by atoms with van der Waals surface area (Å²) in [6.07, 6.45) is 5.38. The lowest BCUT2D eigenvalue weighted by atomic mass is 10.1. The summed E-state index contributed by atoms with van der Waals surface area (Å²) in [4.78, 5) is 21.9. The Kier molecular flexibility index (Phi) is 3.90. The number of aromatic nitrogens is 2. The number of hydrogen-bond donors (Lipinski definition) is 1. The van der Waals surface area contributed by atoms with Gasteiger partial charge < -0.3 is 14.6 Å². The Labute approximate surface area is 144 Å². The summed E-state index contributed by atoms with van der Waals surface area (Å²) in [7, 11) is 2.01. The lowest BCUT2D eigenvalue weighted by Gasteiger charge is -2.23. The van der Waals surface area contributed by atoms with Crippen molar-refractivity contribution < 1.29 is 4.74 Å². The third kappa shape index (κ3) is 2.85. The lowest BCUT2D eigenvalue weighted by molar-refractivity contribution is 0.307. The van der Waals surface area contributed by atoms with Crippen LogP contribution in [-0.2, 0) is 19.4 Å². The van der Waals surface area contributed by atoms with Crippen molar-refractivity contribution in [2.45, 2.75) is 19.4 Å². The number of nitrogens with one attached hydrogen (secondary N) is 1. The van der Waals surface area contributed by atoms with Crippen LogP contribution in [0.4, 0.5) is 0 Å². The van der Waals surface area contributed by atoms with Crippen molar-refractivity contribution in [1.82, 2.24) is 14.9 Å². The Balaban J connectivity index is 1.68. The average Bonchev–Trinajstić information content (AvgIpc) is 3.01. The minimum atomic E-state index is -0.0567. The molecular formula is C18H18ClN3O2. The van der Waals surface area contributed by atoms with Crippen LogP contribution in [0, 0.1) is 0 Å². The Morgan fingerprint density at radius 3 is 3.08 bits per heavy atom. The number of benzene rings is 1. The number of hydrogen-bond acceptors (Lipinski definition) is 4. The second-order valence-corrected chi connectivity index (χ2v) is 6.72. The molecule has 1 aromatic heterocycles. The third-order valence-electron chi connectivity index (χ3n) is 4.48. The highest BCUT2D eigenvalue weighted by Crippen LogP contribution is 2.33. The van der Waals surface area contributed by atoms with E-state index in [0.717, 1.165) is 47.5 Å². The fourth-order valence-electron chi connectivity index (χ4n) is 3.25. The minimum Gasteiger partial charge on any atom is -0.492 e. The summed E-state index contributed by atoms with van der Waals surface area (Å²) in [5.41, 5.74) is 3.64. The molecule has 2 aliphatic rings. The van der Waals surface area contributed by atoms with Gasteiger partial charge in [-0.1, -0.05) is 11.6 Å². The predicted molar refractivity (Wildman–Crippen MR) is 94.5 cm³/mol. The second kappa shape index (κ2) is 6.07. The normalized spacial score (nSPS) is 16.9. The molecule has 0 radical (unpaired) electrons. The molecule has 0 aliphatic carbocycles. The van der Waals surface area contributed by atoms with Gasteiger partial charge in [0, 0.05) is 36.5 Å². The Morgan fingerprint density at radius 1 is 1.33 bits per heavy atom. The molecule has 0 fully saturated rings. The van der Waals surface area contributed by atoms with E-state index in [9.17, 15) is 4.79 Å². The summed E-state index contributed by atoms with van der Waals surface area (Å²) < 4.78 is 5.69. The van der Waals surface area contributed by atoms with Crippen LogP contribution in [0.15, 0.2) is 16.9 Å². The first-order valence-corrected chi connectivity index (χ1v) is 8.42. The van der Waals surface area contributed by atoms with Gasteiger partial charge in [-0.2, -0.15) is 0 Å². The molecule has 3 heterocycles. The predicted octanol–water partition coefficient (Wildman–Crippen LogP) is 2.52. The van der Waals surface area contributed by atoms with Gasteiger partial charge in [0.25, 0.3) is 5.56 Å². The maximum Gasteiger partial charge on any atom is 0.255 e. The second-order valence-electron chi connectivity index (χ2n) is 6.28. The smallest absolute Gasteiger partial charge is 0.255 e. The van der Waals surface area contributed by atoms with Crippen LogP contribution in [-0.4, -0.2) is 35.1 Å². The fraction of sp³-hybridized carbons (Fsp3) is 0.333. The minimum absolute atomic E-state index is 0.0567. The van der Waals surface area contributed by atoms with Crippen LogP contribution in [0.1, 0.15) is 28.2 Å². The Hall–Kier alpha value is -2.11. The summed E-state index contributed by atoms with van der Waals surface area (Å²) >= 11 is 6.18. The number of likely N-dealkylation sites (N-methyl/N-ethyl adjacent to an activating group) is 1. The number of nitrogens with zero attached hydrogens (tertiary/aromatic N) is 2. The fourth-order valence-corrected chi connectivity index (χ4v) is 3.50. The molecule has 1 aromatic carbocycles. The molecule has 124 valence electrons. The molecule has 4 rings (SSSR count). The summed E-state index contributed by atoms with van der Waals surface area (Å²) in [6, 6.07) is 3.81. The van der Waals surface area contributed by atoms with Gasteiger partial charge in [-0.3, -0.25) is 4.79 Å². The molecule has 1 N–H and O–H groups in total. The van der Waals surface area contributed by atoms with Crippen molar-refractivity contribution in [3.8, 4) is 5.75 Å². The van der Waals surface area contributed by atoms with Crippen LogP contribution >= 0.6 is 11.6 Å². The highest BCUT2D eigenvalue weighted by atomic mass is 35.5. The largest absolute Gasteiger partial charge is 0.492 e. The number of ether oxygens (including phenoxy) is 1. The SMILES string of the molecule is CN1CCc2nc(/C=C/c3cc(Cl)cc4c3OCC4)[nH]c(=O)c2C1. The van der Waals surface area contributed by atoms with Gasteiger partial charge in [0.05, 0.1) is 17.9 Å². The van der Waals surface area contributed by atoms with Crippen molar-refractivity contribution in [2.24, 2.45) is 0 Å². The van der Waals surface area contributed by atoms with E-state index in [1.165, 1.54) is 0 Å². The number of H-pyrrole nitrogens is 1. The first kappa shape index (κ1) is 15.4. The van der Waals surface area contributed by atoms with Crippen LogP contribution in [0.5, 0.6) is 5.75 Å². The summed E-state index contributed by atoms with van der Waals surface area (Å²) in [5, 5.41) is 0.689. The van der Waals surface area contributed by atoms with Crippen molar-refractivity contribution >= 4 is 23.8 Å².